The van der Waals surface area contributed by atoms with Crippen LogP contribution in [0.25, 0.3) is 0 Å². The lowest BCUT2D eigenvalue weighted by molar-refractivity contribution is 0.571. The summed E-state index contributed by atoms with van der Waals surface area (Å²) in [6, 6.07) is 0. The SMILES string of the molecule is [CH2-]C#CC#CC#CC(C)(C)C. The zero-order valence-corrected chi connectivity index (χ0v) is 7.21. The van der Waals surface area contributed by atoms with E-state index < -0.39 is 0 Å². The van der Waals surface area contributed by atoms with E-state index in [0.29, 0.717) is 0 Å². The van der Waals surface area contributed by atoms with Gasteiger partial charge in [0.1, 0.15) is 0 Å². The molecule has 0 radical (unpaired) electrons. The molecule has 0 amide bonds. The fourth-order valence-corrected chi connectivity index (χ4v) is 0.325. The van der Waals surface area contributed by atoms with Crippen LogP contribution in [0.5, 0.6) is 0 Å². The van der Waals surface area contributed by atoms with Gasteiger partial charge >= 0.3 is 0 Å². The average molecular weight is 143 g/mol. The molecule has 0 saturated heterocycles. The molecular formula is C11H11-. The Morgan fingerprint density at radius 1 is 0.909 bits per heavy atom. The molecule has 11 heavy (non-hydrogen) atoms. The Balaban J connectivity index is 4.12. The minimum atomic E-state index is 0.0204. The lowest BCUT2D eigenvalue weighted by atomic mass is 9.98. The second-order valence-electron chi connectivity index (χ2n) is 3.05. The quantitative estimate of drug-likeness (QED) is 0.359. The number of rotatable bonds is 0. The highest BCUT2D eigenvalue weighted by Gasteiger charge is 2.02. The minimum absolute atomic E-state index is 0.0204. The standard InChI is InChI=1S/C11H11/c1-5-6-7-8-9-10-11(2,3)4/h1H2,2-4H3/q-1. The van der Waals surface area contributed by atoms with Crippen LogP contribution in [0.2, 0.25) is 0 Å². The Bertz CT molecular complexity index is 281. The van der Waals surface area contributed by atoms with Crippen molar-refractivity contribution >= 4 is 0 Å². The molecule has 0 rings (SSSR count). The summed E-state index contributed by atoms with van der Waals surface area (Å²) in [6.07, 6.45) is 0. The summed E-state index contributed by atoms with van der Waals surface area (Å²) in [5.74, 6) is 15.8. The molecule has 0 bridgehead atoms. The second kappa shape index (κ2) is 4.38. The number of hydrogen-bond donors (Lipinski definition) is 0. The first kappa shape index (κ1) is 9.55. The van der Waals surface area contributed by atoms with Gasteiger partial charge in [-0.15, -0.1) is 5.92 Å². The van der Waals surface area contributed by atoms with Crippen LogP contribution >= 0.6 is 0 Å². The van der Waals surface area contributed by atoms with Crippen LogP contribution in [-0.4, -0.2) is 0 Å². The molecule has 0 aliphatic heterocycles. The highest BCUT2D eigenvalue weighted by molar-refractivity contribution is 5.36. The molecule has 0 aliphatic rings. The Hall–Kier alpha value is -1.45. The van der Waals surface area contributed by atoms with Crippen molar-refractivity contribution in [3.05, 3.63) is 6.92 Å². The van der Waals surface area contributed by atoms with Crippen molar-refractivity contribution in [2.45, 2.75) is 20.8 Å². The van der Waals surface area contributed by atoms with Crippen LogP contribution in [0, 0.1) is 47.9 Å². The van der Waals surface area contributed by atoms with Gasteiger partial charge in [0, 0.05) is 5.41 Å². The summed E-state index contributed by atoms with van der Waals surface area (Å²) in [6.45, 7) is 9.43. The van der Waals surface area contributed by atoms with Gasteiger partial charge in [0.25, 0.3) is 0 Å². The van der Waals surface area contributed by atoms with Crippen LogP contribution in [-0.2, 0) is 0 Å². The molecule has 0 aromatic heterocycles. The van der Waals surface area contributed by atoms with Crippen LogP contribution in [0.1, 0.15) is 20.8 Å². The van der Waals surface area contributed by atoms with Gasteiger partial charge in [0.05, 0.1) is 0 Å². The van der Waals surface area contributed by atoms with Crippen LogP contribution in [0.3, 0.4) is 0 Å². The fraction of sp³-hybridized carbons (Fsp3) is 0.364. The zero-order chi connectivity index (χ0) is 8.74. The van der Waals surface area contributed by atoms with Gasteiger partial charge in [0.15, 0.2) is 0 Å². The zero-order valence-electron chi connectivity index (χ0n) is 7.21. The van der Waals surface area contributed by atoms with E-state index in [1.807, 2.05) is 20.8 Å². The third-order valence-corrected chi connectivity index (χ3v) is 0.713. The summed E-state index contributed by atoms with van der Waals surface area (Å²) in [7, 11) is 0. The monoisotopic (exact) mass is 143 g/mol. The molecule has 0 atom stereocenters. The lowest BCUT2D eigenvalue weighted by Crippen LogP contribution is -1.98. The molecule has 0 heterocycles. The minimum Gasteiger partial charge on any atom is -0.284 e. The van der Waals surface area contributed by atoms with Gasteiger partial charge in [-0.05, 0) is 32.6 Å². The van der Waals surface area contributed by atoms with Crippen molar-refractivity contribution in [2.75, 3.05) is 0 Å². The van der Waals surface area contributed by atoms with E-state index in [4.69, 9.17) is 0 Å². The van der Waals surface area contributed by atoms with E-state index in [1.165, 1.54) is 0 Å². The predicted octanol–water partition coefficient (Wildman–Crippen LogP) is 1.88. The Morgan fingerprint density at radius 2 is 1.45 bits per heavy atom. The maximum Gasteiger partial charge on any atom is 0.0240 e. The van der Waals surface area contributed by atoms with E-state index in [1.54, 1.807) is 0 Å². The molecule has 56 valence electrons. The van der Waals surface area contributed by atoms with E-state index in [9.17, 15) is 0 Å². The first-order valence-electron chi connectivity index (χ1n) is 3.35. The molecule has 0 N–H and O–H groups in total. The summed E-state index contributed by atoms with van der Waals surface area (Å²) in [5.41, 5.74) is 0.0204. The summed E-state index contributed by atoms with van der Waals surface area (Å²) >= 11 is 0. The lowest BCUT2D eigenvalue weighted by Gasteiger charge is -2.05. The fourth-order valence-electron chi connectivity index (χ4n) is 0.325. The third kappa shape index (κ3) is 8.55. The topological polar surface area (TPSA) is 0 Å². The Labute approximate surface area is 69.4 Å². The third-order valence-electron chi connectivity index (χ3n) is 0.713. The predicted molar refractivity (Wildman–Crippen MR) is 48.1 cm³/mol. The van der Waals surface area contributed by atoms with Gasteiger partial charge in [-0.1, -0.05) is 5.92 Å². The molecule has 0 aromatic carbocycles. The second-order valence-corrected chi connectivity index (χ2v) is 3.05. The molecule has 0 fully saturated rings. The van der Waals surface area contributed by atoms with Crippen molar-refractivity contribution < 1.29 is 0 Å². The Kier molecular flexibility index (Phi) is 3.80. The first-order chi connectivity index (χ1) is 5.06. The van der Waals surface area contributed by atoms with Crippen LogP contribution in [0.15, 0.2) is 0 Å². The molecule has 0 aromatic rings. The first-order valence-corrected chi connectivity index (χ1v) is 3.35. The van der Waals surface area contributed by atoms with Gasteiger partial charge in [-0.3, -0.25) is 5.92 Å². The maximum absolute atomic E-state index is 3.32. The van der Waals surface area contributed by atoms with Crippen molar-refractivity contribution in [3.63, 3.8) is 0 Å². The largest absolute Gasteiger partial charge is 0.284 e. The van der Waals surface area contributed by atoms with Crippen molar-refractivity contribution in [2.24, 2.45) is 5.41 Å². The van der Waals surface area contributed by atoms with Crippen molar-refractivity contribution in [3.8, 4) is 35.5 Å². The highest BCUT2D eigenvalue weighted by Crippen LogP contribution is 2.09. The van der Waals surface area contributed by atoms with Crippen LogP contribution in [0.4, 0.5) is 0 Å². The van der Waals surface area contributed by atoms with Gasteiger partial charge < -0.3 is 0 Å². The van der Waals surface area contributed by atoms with E-state index in [2.05, 4.69) is 42.4 Å². The Morgan fingerprint density at radius 3 is 1.91 bits per heavy atom. The molecule has 0 nitrogen and oxygen atoms in total. The summed E-state index contributed by atoms with van der Waals surface area (Å²) < 4.78 is 0. The van der Waals surface area contributed by atoms with E-state index in [-0.39, 0.29) is 5.41 Å². The van der Waals surface area contributed by atoms with Gasteiger partial charge in [-0.2, -0.15) is 6.92 Å². The number of hydrogen-bond acceptors (Lipinski definition) is 0. The van der Waals surface area contributed by atoms with Gasteiger partial charge in [-0.25, -0.2) is 5.92 Å². The average Bonchev–Trinajstić information content (AvgIpc) is 1.85. The smallest absolute Gasteiger partial charge is 0.0240 e. The summed E-state index contributed by atoms with van der Waals surface area (Å²) in [5, 5.41) is 0. The van der Waals surface area contributed by atoms with Gasteiger partial charge in [0.2, 0.25) is 0 Å². The highest BCUT2D eigenvalue weighted by atomic mass is 14.0. The van der Waals surface area contributed by atoms with Crippen LogP contribution < -0.4 is 0 Å². The van der Waals surface area contributed by atoms with E-state index in [0.717, 1.165) is 0 Å². The molecular weight excluding hydrogens is 132 g/mol. The summed E-state index contributed by atoms with van der Waals surface area (Å²) in [4.78, 5) is 0. The molecule has 0 saturated carbocycles. The van der Waals surface area contributed by atoms with Crippen molar-refractivity contribution in [1.82, 2.24) is 0 Å². The molecule has 0 spiro atoms. The normalized spacial score (nSPS) is 7.55. The van der Waals surface area contributed by atoms with E-state index >= 15 is 0 Å². The van der Waals surface area contributed by atoms with Crippen molar-refractivity contribution in [1.29, 1.82) is 0 Å². The molecule has 0 aliphatic carbocycles. The molecule has 0 unspecified atom stereocenters. The maximum atomic E-state index is 3.32. The molecule has 0 heteroatoms.